The van der Waals surface area contributed by atoms with Gasteiger partial charge in [-0.2, -0.15) is 0 Å². The monoisotopic (exact) mass is 260 g/mol. The lowest BCUT2D eigenvalue weighted by Gasteiger charge is -2.08. The second-order valence-corrected chi connectivity index (χ2v) is 4.30. The van der Waals surface area contributed by atoms with Gasteiger partial charge in [0.1, 0.15) is 12.4 Å². The van der Waals surface area contributed by atoms with Crippen LogP contribution in [0.1, 0.15) is 6.42 Å². The van der Waals surface area contributed by atoms with E-state index in [1.165, 1.54) is 0 Å². The minimum Gasteiger partial charge on any atom is -0.492 e. The van der Waals surface area contributed by atoms with Gasteiger partial charge in [0, 0.05) is 37.9 Å². The van der Waals surface area contributed by atoms with E-state index in [1.54, 1.807) is 13.3 Å². The van der Waals surface area contributed by atoms with Crippen molar-refractivity contribution in [1.82, 2.24) is 10.3 Å². The Balaban J connectivity index is 1.72. The van der Waals surface area contributed by atoms with E-state index >= 15 is 0 Å². The molecule has 0 saturated heterocycles. The Labute approximate surface area is 113 Å². The van der Waals surface area contributed by atoms with Crippen molar-refractivity contribution >= 4 is 10.9 Å². The molecule has 0 aliphatic heterocycles. The number of fused-ring (bicyclic) bond motifs is 1. The third-order valence-electron chi connectivity index (χ3n) is 2.83. The number of nitrogens with zero attached hydrogens (tertiary/aromatic N) is 1. The molecule has 0 aliphatic carbocycles. The van der Waals surface area contributed by atoms with Crippen LogP contribution in [0, 0.1) is 0 Å². The Morgan fingerprint density at radius 2 is 2.11 bits per heavy atom. The van der Waals surface area contributed by atoms with Gasteiger partial charge >= 0.3 is 0 Å². The van der Waals surface area contributed by atoms with E-state index in [-0.39, 0.29) is 0 Å². The summed E-state index contributed by atoms with van der Waals surface area (Å²) < 4.78 is 10.7. The number of ether oxygens (including phenoxy) is 2. The largest absolute Gasteiger partial charge is 0.492 e. The van der Waals surface area contributed by atoms with Crippen LogP contribution in [0.2, 0.25) is 0 Å². The van der Waals surface area contributed by atoms with Gasteiger partial charge in [-0.15, -0.1) is 0 Å². The molecule has 0 unspecified atom stereocenters. The zero-order valence-corrected chi connectivity index (χ0v) is 11.3. The van der Waals surface area contributed by atoms with E-state index in [4.69, 9.17) is 9.47 Å². The summed E-state index contributed by atoms with van der Waals surface area (Å²) in [5, 5.41) is 4.44. The first-order valence-electron chi connectivity index (χ1n) is 6.57. The first-order chi connectivity index (χ1) is 9.40. The van der Waals surface area contributed by atoms with Crippen molar-refractivity contribution in [3.63, 3.8) is 0 Å². The number of nitrogens with one attached hydrogen (secondary N) is 1. The van der Waals surface area contributed by atoms with E-state index in [9.17, 15) is 0 Å². The summed E-state index contributed by atoms with van der Waals surface area (Å²) in [4.78, 5) is 4.31. The van der Waals surface area contributed by atoms with E-state index in [1.807, 2.05) is 30.3 Å². The summed E-state index contributed by atoms with van der Waals surface area (Å²) >= 11 is 0. The van der Waals surface area contributed by atoms with Gasteiger partial charge in [-0.3, -0.25) is 4.98 Å². The standard InChI is InChI=1S/C15H20N2O2/c1-18-10-3-7-16-9-11-19-14-6-5-13-4-2-8-17-15(13)12-14/h2,4-6,8,12,16H,3,7,9-11H2,1H3. The summed E-state index contributed by atoms with van der Waals surface area (Å²) in [6.07, 6.45) is 2.82. The Morgan fingerprint density at radius 3 is 3.00 bits per heavy atom. The van der Waals surface area contributed by atoms with Crippen LogP contribution in [0.3, 0.4) is 0 Å². The fourth-order valence-electron chi connectivity index (χ4n) is 1.84. The molecule has 0 spiro atoms. The SMILES string of the molecule is COCCCNCCOc1ccc2cccnc2c1. The molecule has 19 heavy (non-hydrogen) atoms. The third-order valence-corrected chi connectivity index (χ3v) is 2.83. The second kappa shape index (κ2) is 7.71. The van der Waals surface area contributed by atoms with Crippen molar-refractivity contribution < 1.29 is 9.47 Å². The predicted octanol–water partition coefficient (Wildman–Crippen LogP) is 2.24. The number of pyridine rings is 1. The lowest BCUT2D eigenvalue weighted by Crippen LogP contribution is -2.22. The van der Waals surface area contributed by atoms with Crippen LogP contribution in [0.4, 0.5) is 0 Å². The van der Waals surface area contributed by atoms with Crippen molar-refractivity contribution in [3.05, 3.63) is 36.5 Å². The van der Waals surface area contributed by atoms with Crippen molar-refractivity contribution in [3.8, 4) is 5.75 Å². The van der Waals surface area contributed by atoms with Gasteiger partial charge in [0.25, 0.3) is 0 Å². The molecular formula is C15H20N2O2. The molecule has 0 saturated carbocycles. The van der Waals surface area contributed by atoms with Crippen LogP contribution >= 0.6 is 0 Å². The smallest absolute Gasteiger partial charge is 0.121 e. The summed E-state index contributed by atoms with van der Waals surface area (Å²) in [6.45, 7) is 3.25. The maximum Gasteiger partial charge on any atom is 0.121 e. The van der Waals surface area contributed by atoms with Crippen molar-refractivity contribution in [2.45, 2.75) is 6.42 Å². The minimum atomic E-state index is 0.658. The van der Waals surface area contributed by atoms with E-state index < -0.39 is 0 Å². The quantitative estimate of drug-likeness (QED) is 0.739. The molecule has 1 aromatic carbocycles. The molecule has 4 nitrogen and oxygen atoms in total. The van der Waals surface area contributed by atoms with Gasteiger partial charge in [-0.05, 0) is 31.2 Å². The van der Waals surface area contributed by atoms with Gasteiger partial charge in [-0.25, -0.2) is 0 Å². The highest BCUT2D eigenvalue weighted by Crippen LogP contribution is 2.18. The highest BCUT2D eigenvalue weighted by Gasteiger charge is 1.97. The highest BCUT2D eigenvalue weighted by atomic mass is 16.5. The molecule has 0 amide bonds. The maximum atomic E-state index is 5.69. The second-order valence-electron chi connectivity index (χ2n) is 4.30. The molecule has 2 aromatic rings. The van der Waals surface area contributed by atoms with Crippen LogP contribution in [0.15, 0.2) is 36.5 Å². The zero-order chi connectivity index (χ0) is 13.3. The Hall–Kier alpha value is -1.65. The van der Waals surface area contributed by atoms with Crippen LogP contribution in [0.25, 0.3) is 10.9 Å². The number of hydrogen-bond donors (Lipinski definition) is 1. The topological polar surface area (TPSA) is 43.4 Å². The van der Waals surface area contributed by atoms with Crippen molar-refractivity contribution in [1.29, 1.82) is 0 Å². The van der Waals surface area contributed by atoms with E-state index in [0.29, 0.717) is 6.61 Å². The predicted molar refractivity (Wildman–Crippen MR) is 76.6 cm³/mol. The molecule has 0 atom stereocenters. The average Bonchev–Trinajstić information content (AvgIpc) is 2.46. The summed E-state index contributed by atoms with van der Waals surface area (Å²) in [6, 6.07) is 9.97. The molecule has 0 bridgehead atoms. The molecule has 0 aliphatic rings. The van der Waals surface area contributed by atoms with Gasteiger partial charge in [-0.1, -0.05) is 6.07 Å². The van der Waals surface area contributed by atoms with Crippen LogP contribution in [-0.4, -0.2) is 38.4 Å². The minimum absolute atomic E-state index is 0.658. The lowest BCUT2D eigenvalue weighted by molar-refractivity contribution is 0.193. The normalized spacial score (nSPS) is 10.8. The average molecular weight is 260 g/mol. The third kappa shape index (κ3) is 4.50. The number of methoxy groups -OCH3 is 1. The molecule has 1 N–H and O–H groups in total. The molecular weight excluding hydrogens is 240 g/mol. The number of aromatic nitrogens is 1. The molecule has 0 fully saturated rings. The molecule has 1 aromatic heterocycles. The molecule has 0 radical (unpaired) electrons. The number of hydrogen-bond acceptors (Lipinski definition) is 4. The molecule has 1 heterocycles. The molecule has 102 valence electrons. The Morgan fingerprint density at radius 1 is 1.16 bits per heavy atom. The molecule has 2 rings (SSSR count). The van der Waals surface area contributed by atoms with E-state index in [0.717, 1.165) is 42.8 Å². The number of benzene rings is 1. The summed E-state index contributed by atoms with van der Waals surface area (Å²) in [5.41, 5.74) is 0.966. The summed E-state index contributed by atoms with van der Waals surface area (Å²) in [7, 11) is 1.72. The van der Waals surface area contributed by atoms with Gasteiger partial charge < -0.3 is 14.8 Å². The van der Waals surface area contributed by atoms with Crippen molar-refractivity contribution in [2.75, 3.05) is 33.4 Å². The van der Waals surface area contributed by atoms with Gasteiger partial charge in [0.15, 0.2) is 0 Å². The van der Waals surface area contributed by atoms with Crippen LogP contribution in [-0.2, 0) is 4.74 Å². The van der Waals surface area contributed by atoms with Crippen LogP contribution < -0.4 is 10.1 Å². The first kappa shape index (κ1) is 13.8. The molecule has 4 heteroatoms. The fourth-order valence-corrected chi connectivity index (χ4v) is 1.84. The highest BCUT2D eigenvalue weighted by molar-refractivity contribution is 5.79. The van der Waals surface area contributed by atoms with Gasteiger partial charge in [0.2, 0.25) is 0 Å². The Kier molecular flexibility index (Phi) is 5.59. The maximum absolute atomic E-state index is 5.69. The number of rotatable bonds is 8. The first-order valence-corrected chi connectivity index (χ1v) is 6.57. The zero-order valence-electron chi connectivity index (χ0n) is 11.3. The summed E-state index contributed by atoms with van der Waals surface area (Å²) in [5.74, 6) is 0.866. The Bertz CT molecular complexity index is 502. The van der Waals surface area contributed by atoms with Crippen molar-refractivity contribution in [2.24, 2.45) is 0 Å². The van der Waals surface area contributed by atoms with E-state index in [2.05, 4.69) is 10.3 Å². The van der Waals surface area contributed by atoms with Crippen LogP contribution in [0.5, 0.6) is 5.75 Å². The lowest BCUT2D eigenvalue weighted by atomic mass is 10.2. The van der Waals surface area contributed by atoms with Gasteiger partial charge in [0.05, 0.1) is 5.52 Å². The fraction of sp³-hybridized carbons (Fsp3) is 0.400.